The summed E-state index contributed by atoms with van der Waals surface area (Å²) in [7, 11) is 0. The topological polar surface area (TPSA) is 68.2 Å². The number of ether oxygens (including phenoxy) is 2. The van der Waals surface area contributed by atoms with Gasteiger partial charge in [0.25, 0.3) is 5.91 Å². The molecular weight excluding hydrogens is 376 g/mol. The molecule has 0 atom stereocenters. The molecule has 7 heteroatoms. The van der Waals surface area contributed by atoms with E-state index in [1.807, 2.05) is 18.2 Å². The summed E-state index contributed by atoms with van der Waals surface area (Å²) in [6.45, 7) is 1.18. The molecule has 4 rings (SSSR count). The van der Waals surface area contributed by atoms with E-state index in [0.29, 0.717) is 35.8 Å². The van der Waals surface area contributed by atoms with E-state index >= 15 is 0 Å². The summed E-state index contributed by atoms with van der Waals surface area (Å²) in [6, 6.07) is 8.98. The van der Waals surface area contributed by atoms with Gasteiger partial charge in [-0.2, -0.15) is 4.99 Å². The van der Waals surface area contributed by atoms with E-state index in [0.717, 1.165) is 15.6 Å². The molecule has 2 aliphatic rings. The van der Waals surface area contributed by atoms with Crippen molar-refractivity contribution in [2.24, 2.45) is 4.99 Å². The fourth-order valence-corrected chi connectivity index (χ4v) is 3.48. The lowest BCUT2D eigenvalue weighted by Crippen LogP contribution is -2.23. The first-order valence-corrected chi connectivity index (χ1v) is 8.03. The minimum Gasteiger partial charge on any atom is -0.454 e. The van der Waals surface area contributed by atoms with Gasteiger partial charge in [-0.05, 0) is 35.4 Å². The molecule has 0 spiro atoms. The van der Waals surface area contributed by atoms with Gasteiger partial charge in [-0.3, -0.25) is 4.79 Å². The molecule has 0 saturated carbocycles. The second-order valence-electron chi connectivity index (χ2n) is 5.51. The first-order valence-electron chi connectivity index (χ1n) is 7.24. The predicted molar refractivity (Wildman–Crippen MR) is 88.1 cm³/mol. The summed E-state index contributed by atoms with van der Waals surface area (Å²) >= 11 is 3.44. The fraction of sp³-hybridized carbons (Fsp3) is 0.176. The molecule has 2 heterocycles. The van der Waals surface area contributed by atoms with Gasteiger partial charge >= 0.3 is 0 Å². The van der Waals surface area contributed by atoms with Crippen LogP contribution >= 0.6 is 15.9 Å². The molecule has 2 aromatic carbocycles. The van der Waals surface area contributed by atoms with Crippen LogP contribution in [0.4, 0.5) is 5.69 Å². The van der Waals surface area contributed by atoms with Crippen LogP contribution in [0.15, 0.2) is 39.8 Å². The third-order valence-electron chi connectivity index (χ3n) is 4.03. The summed E-state index contributed by atoms with van der Waals surface area (Å²) in [4.78, 5) is 28.4. The van der Waals surface area contributed by atoms with E-state index in [4.69, 9.17) is 9.47 Å². The number of benzene rings is 2. The summed E-state index contributed by atoms with van der Waals surface area (Å²) < 4.78 is 11.4. The van der Waals surface area contributed by atoms with E-state index < -0.39 is 0 Å². The van der Waals surface area contributed by atoms with Crippen LogP contribution in [0.25, 0.3) is 0 Å². The predicted octanol–water partition coefficient (Wildman–Crippen LogP) is 3.30. The molecular formula is C17H11BrN2O4. The lowest BCUT2D eigenvalue weighted by atomic mass is 10.1. The largest absolute Gasteiger partial charge is 0.454 e. The van der Waals surface area contributed by atoms with E-state index in [2.05, 4.69) is 20.9 Å². The first-order chi connectivity index (χ1) is 11.7. The molecule has 120 valence electrons. The number of fused-ring (bicyclic) bond motifs is 2. The molecule has 6 nitrogen and oxygen atoms in total. The van der Waals surface area contributed by atoms with Crippen LogP contribution in [0.3, 0.4) is 0 Å². The molecule has 0 unspecified atom stereocenters. The summed E-state index contributed by atoms with van der Waals surface area (Å²) in [5.41, 5.74) is 2.82. The normalized spacial score (nSPS) is 14.5. The zero-order valence-corrected chi connectivity index (χ0v) is 14.0. The number of hydrogen-bond acceptors (Lipinski definition) is 5. The maximum atomic E-state index is 12.7. The van der Waals surface area contributed by atoms with E-state index in [-0.39, 0.29) is 12.7 Å². The van der Waals surface area contributed by atoms with Gasteiger partial charge in [0.1, 0.15) is 0 Å². The van der Waals surface area contributed by atoms with Crippen molar-refractivity contribution in [1.82, 2.24) is 4.90 Å². The Kier molecular flexibility index (Phi) is 3.59. The van der Waals surface area contributed by atoms with Gasteiger partial charge in [-0.1, -0.05) is 22.0 Å². The molecule has 0 radical (unpaired) electrons. The lowest BCUT2D eigenvalue weighted by molar-refractivity contribution is 0.0766. The maximum Gasteiger partial charge on any atom is 0.254 e. The molecule has 24 heavy (non-hydrogen) atoms. The SMILES string of the molecule is O=C=Nc1cc(Br)c2c(c1)C(=O)N(Cc1ccc3c(c1)OCO3)C2. The Morgan fingerprint density at radius 1 is 1.21 bits per heavy atom. The Morgan fingerprint density at radius 3 is 2.88 bits per heavy atom. The third kappa shape index (κ3) is 2.48. The second-order valence-corrected chi connectivity index (χ2v) is 6.36. The number of hydrogen-bond donors (Lipinski definition) is 0. The van der Waals surface area contributed by atoms with Crippen LogP contribution in [-0.4, -0.2) is 23.7 Å². The van der Waals surface area contributed by atoms with E-state index in [1.165, 1.54) is 6.08 Å². The van der Waals surface area contributed by atoms with Crippen molar-refractivity contribution in [1.29, 1.82) is 0 Å². The van der Waals surface area contributed by atoms with Gasteiger partial charge < -0.3 is 14.4 Å². The summed E-state index contributed by atoms with van der Waals surface area (Å²) in [6.07, 6.45) is 1.50. The van der Waals surface area contributed by atoms with Crippen molar-refractivity contribution in [3.05, 3.63) is 51.5 Å². The van der Waals surface area contributed by atoms with Crippen LogP contribution in [-0.2, 0) is 17.9 Å². The average molecular weight is 387 g/mol. The lowest BCUT2D eigenvalue weighted by Gasteiger charge is -2.16. The molecule has 1 amide bonds. The molecule has 2 aromatic rings. The Balaban J connectivity index is 1.61. The van der Waals surface area contributed by atoms with Crippen LogP contribution in [0.5, 0.6) is 11.5 Å². The highest BCUT2D eigenvalue weighted by Gasteiger charge is 2.30. The van der Waals surface area contributed by atoms with Gasteiger partial charge in [0.2, 0.25) is 12.9 Å². The Bertz CT molecular complexity index is 906. The van der Waals surface area contributed by atoms with Gasteiger partial charge in [-0.25, -0.2) is 4.79 Å². The molecule has 0 fully saturated rings. The third-order valence-corrected chi connectivity index (χ3v) is 4.74. The Hall–Kier alpha value is -2.63. The van der Waals surface area contributed by atoms with Gasteiger partial charge in [0.15, 0.2) is 11.5 Å². The average Bonchev–Trinajstić information content (AvgIpc) is 3.14. The molecule has 0 bridgehead atoms. The number of aliphatic imine (C=N–C) groups is 1. The monoisotopic (exact) mass is 386 g/mol. The number of nitrogens with zero attached hydrogens (tertiary/aromatic N) is 2. The zero-order valence-electron chi connectivity index (χ0n) is 12.4. The Morgan fingerprint density at radius 2 is 2.04 bits per heavy atom. The zero-order chi connectivity index (χ0) is 16.7. The highest BCUT2D eigenvalue weighted by Crippen LogP contribution is 2.36. The minimum atomic E-state index is -0.0914. The van der Waals surface area contributed by atoms with Crippen molar-refractivity contribution in [3.63, 3.8) is 0 Å². The Labute approximate surface area is 145 Å². The van der Waals surface area contributed by atoms with Crippen molar-refractivity contribution in [3.8, 4) is 11.5 Å². The van der Waals surface area contributed by atoms with E-state index in [1.54, 1.807) is 17.0 Å². The highest BCUT2D eigenvalue weighted by atomic mass is 79.9. The van der Waals surface area contributed by atoms with Crippen LogP contribution < -0.4 is 9.47 Å². The number of amides is 1. The molecule has 0 N–H and O–H groups in total. The van der Waals surface area contributed by atoms with Crippen molar-refractivity contribution < 1.29 is 19.1 Å². The quantitative estimate of drug-likeness (QED) is 0.599. The second kappa shape index (κ2) is 5.78. The molecule has 2 aliphatic heterocycles. The van der Waals surface area contributed by atoms with Crippen molar-refractivity contribution in [2.75, 3.05) is 6.79 Å². The van der Waals surface area contributed by atoms with Crippen LogP contribution in [0.1, 0.15) is 21.5 Å². The minimum absolute atomic E-state index is 0.0914. The maximum absolute atomic E-state index is 12.7. The summed E-state index contributed by atoms with van der Waals surface area (Å²) in [5.74, 6) is 1.32. The number of carbonyl (C=O) groups excluding carboxylic acids is 2. The number of rotatable bonds is 3. The standard InChI is InChI=1S/C17H11BrN2O4/c18-14-5-11(19-8-21)4-12-13(14)7-20(17(12)22)6-10-1-2-15-16(3-10)24-9-23-15/h1-5H,6-7,9H2. The fourth-order valence-electron chi connectivity index (χ4n) is 2.91. The van der Waals surface area contributed by atoms with E-state index in [9.17, 15) is 9.59 Å². The summed E-state index contributed by atoms with van der Waals surface area (Å²) in [5, 5.41) is 0. The van der Waals surface area contributed by atoms with Crippen LogP contribution in [0.2, 0.25) is 0 Å². The smallest absolute Gasteiger partial charge is 0.254 e. The number of isocyanates is 1. The van der Waals surface area contributed by atoms with Crippen molar-refractivity contribution in [2.45, 2.75) is 13.1 Å². The van der Waals surface area contributed by atoms with Crippen molar-refractivity contribution >= 4 is 33.6 Å². The van der Waals surface area contributed by atoms with Crippen LogP contribution in [0, 0.1) is 0 Å². The van der Waals surface area contributed by atoms with Gasteiger partial charge in [0.05, 0.1) is 5.69 Å². The first kappa shape index (κ1) is 14.9. The molecule has 0 aliphatic carbocycles. The number of carbonyl (C=O) groups is 1. The number of halogens is 1. The van der Waals surface area contributed by atoms with Gasteiger partial charge in [-0.15, -0.1) is 0 Å². The molecule has 0 aromatic heterocycles. The molecule has 0 saturated heterocycles. The highest BCUT2D eigenvalue weighted by molar-refractivity contribution is 9.10. The van der Waals surface area contributed by atoms with Gasteiger partial charge in [0, 0.05) is 23.1 Å².